The number of methoxy groups -OCH3 is 1. The van der Waals surface area contributed by atoms with E-state index in [2.05, 4.69) is 44.3 Å². The number of carbonyl (C=O) groups is 1. The Morgan fingerprint density at radius 2 is 1.97 bits per heavy atom. The normalized spacial score (nSPS) is 17.9. The fourth-order valence-corrected chi connectivity index (χ4v) is 4.80. The number of hydrogen-bond donors (Lipinski definition) is 2. The molecule has 10 nitrogen and oxygen atoms in total. The minimum atomic E-state index is -0.524. The minimum Gasteiger partial charge on any atom is -0.461 e. The number of pyridine rings is 1. The number of anilines is 2. The predicted octanol–water partition coefficient (Wildman–Crippen LogP) is 3.19. The zero-order valence-electron chi connectivity index (χ0n) is 21.3. The Hall–Kier alpha value is -3.83. The summed E-state index contributed by atoms with van der Waals surface area (Å²) < 4.78 is 26.8. The van der Waals surface area contributed by atoms with E-state index in [0.717, 1.165) is 24.2 Å². The number of imidazole rings is 1. The van der Waals surface area contributed by atoms with Gasteiger partial charge in [-0.15, -0.1) is 0 Å². The Kier molecular flexibility index (Phi) is 6.90. The number of nitrogens with zero attached hydrogens (tertiary/aromatic N) is 5. The van der Waals surface area contributed by atoms with E-state index in [4.69, 9.17) is 9.47 Å². The van der Waals surface area contributed by atoms with Gasteiger partial charge in [0, 0.05) is 68.0 Å². The van der Waals surface area contributed by atoms with E-state index in [0.29, 0.717) is 41.2 Å². The maximum Gasteiger partial charge on any atom is 0.317 e. The summed E-state index contributed by atoms with van der Waals surface area (Å²) in [5, 5.41) is 7.08. The fourth-order valence-electron chi connectivity index (χ4n) is 4.80. The SMILES string of the molecule is COCCOc1ncc2c(N3C[C@@H](C)N[C@H](C)C3)ccc(C(=O)Nc3cc(F)c4nc(C)cn4c3)c2n1. The van der Waals surface area contributed by atoms with Gasteiger partial charge in [0.2, 0.25) is 0 Å². The van der Waals surface area contributed by atoms with Gasteiger partial charge < -0.3 is 29.4 Å². The fraction of sp³-hybridized carbons (Fsp3) is 0.385. The van der Waals surface area contributed by atoms with E-state index in [1.165, 1.54) is 6.07 Å². The van der Waals surface area contributed by atoms with Crippen LogP contribution in [0.3, 0.4) is 0 Å². The molecule has 0 saturated carbocycles. The Morgan fingerprint density at radius 1 is 1.19 bits per heavy atom. The monoisotopic (exact) mass is 507 g/mol. The summed E-state index contributed by atoms with van der Waals surface area (Å²) in [5.41, 5.74) is 2.91. The standard InChI is InChI=1S/C26H30FN7O3/c1-15-11-33(12-16(2)29-15)22-6-5-19(23-20(22)10-28-26(32-23)37-8-7-36-4)25(35)31-18-9-21(27)24-30-17(3)13-34(24)14-18/h5-6,9-10,13-16,29H,7-8,11-12H2,1-4H3,(H,31,35)/t15-,16-/m1/s1. The van der Waals surface area contributed by atoms with Crippen LogP contribution in [0.4, 0.5) is 15.8 Å². The van der Waals surface area contributed by atoms with Crippen LogP contribution in [0.1, 0.15) is 29.9 Å². The van der Waals surface area contributed by atoms with Gasteiger partial charge in [0.1, 0.15) is 6.61 Å². The number of carbonyl (C=O) groups excluding carboxylic acids is 1. The number of fused-ring (bicyclic) bond motifs is 2. The largest absolute Gasteiger partial charge is 0.461 e. The van der Waals surface area contributed by atoms with E-state index in [1.54, 1.807) is 43.1 Å². The van der Waals surface area contributed by atoms with Gasteiger partial charge in [-0.25, -0.2) is 14.4 Å². The average molecular weight is 508 g/mol. The smallest absolute Gasteiger partial charge is 0.317 e. The predicted molar refractivity (Wildman–Crippen MR) is 139 cm³/mol. The van der Waals surface area contributed by atoms with Crippen LogP contribution in [0, 0.1) is 12.7 Å². The first-order valence-corrected chi connectivity index (χ1v) is 12.2. The Labute approximate surface area is 213 Å². The molecular formula is C26H30FN7O3. The van der Waals surface area contributed by atoms with Gasteiger partial charge in [0.25, 0.3) is 5.91 Å². The first-order valence-electron chi connectivity index (χ1n) is 12.2. The summed E-state index contributed by atoms with van der Waals surface area (Å²) in [5.74, 6) is -0.945. The molecule has 1 amide bonds. The molecule has 1 fully saturated rings. The second-order valence-electron chi connectivity index (χ2n) is 9.41. The Balaban J connectivity index is 1.53. The van der Waals surface area contributed by atoms with Crippen molar-refractivity contribution in [3.63, 3.8) is 0 Å². The van der Waals surface area contributed by atoms with Gasteiger partial charge in [-0.2, -0.15) is 4.98 Å². The van der Waals surface area contributed by atoms with Gasteiger partial charge in [-0.3, -0.25) is 4.79 Å². The number of hydrogen-bond acceptors (Lipinski definition) is 8. The molecule has 1 aliphatic heterocycles. The zero-order chi connectivity index (χ0) is 26.1. The number of rotatable bonds is 7. The summed E-state index contributed by atoms with van der Waals surface area (Å²) in [6.45, 7) is 8.34. The lowest BCUT2D eigenvalue weighted by atomic mass is 10.0. The number of aryl methyl sites for hydroxylation is 1. The van der Waals surface area contributed by atoms with Gasteiger partial charge in [0.15, 0.2) is 11.5 Å². The van der Waals surface area contributed by atoms with Crippen LogP contribution in [0.25, 0.3) is 16.6 Å². The van der Waals surface area contributed by atoms with E-state index in [1.807, 2.05) is 6.07 Å². The number of halogens is 1. The number of aromatic nitrogens is 4. The molecule has 0 aliphatic carbocycles. The third-order valence-corrected chi connectivity index (χ3v) is 6.25. The number of benzene rings is 1. The molecule has 194 valence electrons. The molecule has 1 aromatic carbocycles. The molecule has 37 heavy (non-hydrogen) atoms. The highest BCUT2D eigenvalue weighted by Crippen LogP contribution is 2.31. The summed E-state index contributed by atoms with van der Waals surface area (Å²) >= 11 is 0. The molecule has 2 N–H and O–H groups in total. The molecule has 0 radical (unpaired) electrons. The van der Waals surface area contributed by atoms with Crippen molar-refractivity contribution in [1.82, 2.24) is 24.7 Å². The summed E-state index contributed by atoms with van der Waals surface area (Å²) in [6, 6.07) is 5.67. The van der Waals surface area contributed by atoms with Crippen LogP contribution < -0.4 is 20.3 Å². The summed E-state index contributed by atoms with van der Waals surface area (Å²) in [6.07, 6.45) is 5.02. The molecular weight excluding hydrogens is 477 g/mol. The van der Waals surface area contributed by atoms with Crippen molar-refractivity contribution in [1.29, 1.82) is 0 Å². The third-order valence-electron chi connectivity index (χ3n) is 6.25. The van der Waals surface area contributed by atoms with Crippen LogP contribution in [-0.2, 0) is 4.74 Å². The first-order chi connectivity index (χ1) is 17.8. The topological polar surface area (TPSA) is 106 Å². The van der Waals surface area contributed by atoms with Crippen LogP contribution in [0.5, 0.6) is 6.01 Å². The highest BCUT2D eigenvalue weighted by molar-refractivity contribution is 6.13. The molecule has 0 bridgehead atoms. The molecule has 0 spiro atoms. The second kappa shape index (κ2) is 10.3. The average Bonchev–Trinajstić information content (AvgIpc) is 3.23. The van der Waals surface area contributed by atoms with E-state index < -0.39 is 11.7 Å². The van der Waals surface area contributed by atoms with Crippen LogP contribution in [-0.4, -0.2) is 70.8 Å². The van der Waals surface area contributed by atoms with Crippen LogP contribution in [0.15, 0.2) is 36.8 Å². The van der Waals surface area contributed by atoms with Gasteiger partial charge in [0.05, 0.1) is 29.1 Å². The van der Waals surface area contributed by atoms with Crippen molar-refractivity contribution in [2.24, 2.45) is 0 Å². The summed E-state index contributed by atoms with van der Waals surface area (Å²) in [7, 11) is 1.58. The number of amides is 1. The van der Waals surface area contributed by atoms with Crippen molar-refractivity contribution < 1.29 is 18.7 Å². The highest BCUT2D eigenvalue weighted by atomic mass is 19.1. The Bertz CT molecular complexity index is 1450. The van der Waals surface area contributed by atoms with E-state index >= 15 is 0 Å². The van der Waals surface area contributed by atoms with Crippen LogP contribution >= 0.6 is 0 Å². The molecule has 3 aromatic heterocycles. The Morgan fingerprint density at radius 3 is 2.73 bits per heavy atom. The molecule has 0 unspecified atom stereocenters. The highest BCUT2D eigenvalue weighted by Gasteiger charge is 2.25. The van der Waals surface area contributed by atoms with Gasteiger partial charge >= 0.3 is 6.01 Å². The third kappa shape index (κ3) is 5.18. The molecule has 2 atom stereocenters. The maximum atomic E-state index is 14.6. The maximum absolute atomic E-state index is 14.6. The summed E-state index contributed by atoms with van der Waals surface area (Å²) in [4.78, 5) is 28.9. The van der Waals surface area contributed by atoms with Crippen molar-refractivity contribution in [2.75, 3.05) is 43.6 Å². The molecule has 4 aromatic rings. The zero-order valence-corrected chi connectivity index (χ0v) is 21.3. The molecule has 1 aliphatic rings. The van der Waals surface area contributed by atoms with E-state index in [-0.39, 0.29) is 18.3 Å². The lowest BCUT2D eigenvalue weighted by Gasteiger charge is -2.38. The van der Waals surface area contributed by atoms with Crippen molar-refractivity contribution >= 4 is 33.8 Å². The minimum absolute atomic E-state index is 0.152. The lowest BCUT2D eigenvalue weighted by molar-refractivity contribution is 0.102. The van der Waals surface area contributed by atoms with Crippen molar-refractivity contribution in [2.45, 2.75) is 32.9 Å². The van der Waals surface area contributed by atoms with Crippen LogP contribution in [0.2, 0.25) is 0 Å². The lowest BCUT2D eigenvalue weighted by Crippen LogP contribution is -2.54. The molecule has 1 saturated heterocycles. The quantitative estimate of drug-likeness (QED) is 0.368. The van der Waals surface area contributed by atoms with Gasteiger partial charge in [-0.05, 0) is 32.9 Å². The first kappa shape index (κ1) is 24.8. The molecule has 11 heteroatoms. The second-order valence-corrected chi connectivity index (χ2v) is 9.41. The number of nitrogens with one attached hydrogen (secondary N) is 2. The van der Waals surface area contributed by atoms with Gasteiger partial charge in [-0.1, -0.05) is 0 Å². The number of piperazine rings is 1. The van der Waals surface area contributed by atoms with Crippen molar-refractivity contribution in [3.8, 4) is 6.01 Å². The molecule has 5 rings (SSSR count). The molecule has 4 heterocycles. The van der Waals surface area contributed by atoms with E-state index in [9.17, 15) is 9.18 Å². The van der Waals surface area contributed by atoms with Crippen molar-refractivity contribution in [3.05, 3.63) is 53.9 Å². The number of ether oxygens (including phenoxy) is 2.